The Hall–Kier alpha value is -1.95. The molecule has 2 aromatic heterocycles. The SMILES string of the molecule is CC(C)NCCCC(=O)NCc1nnc2ccccn12. The van der Waals surface area contributed by atoms with E-state index >= 15 is 0 Å². The number of fused-ring (bicyclic) bond motifs is 1. The van der Waals surface area contributed by atoms with Crippen molar-refractivity contribution in [1.29, 1.82) is 0 Å². The first kappa shape index (κ1) is 14.5. The molecule has 6 heteroatoms. The first-order valence-electron chi connectivity index (χ1n) is 6.95. The van der Waals surface area contributed by atoms with Crippen molar-refractivity contribution in [3.63, 3.8) is 0 Å². The van der Waals surface area contributed by atoms with E-state index in [1.54, 1.807) is 0 Å². The maximum atomic E-state index is 11.7. The van der Waals surface area contributed by atoms with Gasteiger partial charge in [0.2, 0.25) is 5.91 Å². The van der Waals surface area contributed by atoms with Crippen molar-refractivity contribution in [2.75, 3.05) is 6.54 Å². The lowest BCUT2D eigenvalue weighted by atomic mass is 10.2. The van der Waals surface area contributed by atoms with E-state index in [1.807, 2.05) is 28.8 Å². The Labute approximate surface area is 118 Å². The molecule has 2 heterocycles. The molecule has 6 nitrogen and oxygen atoms in total. The molecule has 0 aliphatic carbocycles. The highest BCUT2D eigenvalue weighted by Crippen LogP contribution is 2.02. The topological polar surface area (TPSA) is 71.3 Å². The smallest absolute Gasteiger partial charge is 0.220 e. The Kier molecular flexibility index (Phi) is 5.06. The number of nitrogens with zero attached hydrogens (tertiary/aromatic N) is 3. The quantitative estimate of drug-likeness (QED) is 0.743. The summed E-state index contributed by atoms with van der Waals surface area (Å²) in [6.07, 6.45) is 3.25. The molecule has 2 N–H and O–H groups in total. The first-order valence-corrected chi connectivity index (χ1v) is 6.95. The number of rotatable bonds is 7. The average molecular weight is 275 g/mol. The number of hydrogen-bond donors (Lipinski definition) is 2. The molecule has 0 spiro atoms. The van der Waals surface area contributed by atoms with E-state index in [0.29, 0.717) is 19.0 Å². The zero-order valence-corrected chi connectivity index (χ0v) is 12.0. The van der Waals surface area contributed by atoms with Crippen LogP contribution in [0, 0.1) is 0 Å². The fourth-order valence-corrected chi connectivity index (χ4v) is 1.92. The second-order valence-corrected chi connectivity index (χ2v) is 5.03. The van der Waals surface area contributed by atoms with Crippen molar-refractivity contribution in [3.05, 3.63) is 30.2 Å². The van der Waals surface area contributed by atoms with Gasteiger partial charge in [0, 0.05) is 18.7 Å². The molecule has 0 fully saturated rings. The number of nitrogens with one attached hydrogen (secondary N) is 2. The van der Waals surface area contributed by atoms with E-state index in [9.17, 15) is 4.79 Å². The Morgan fingerprint density at radius 2 is 2.20 bits per heavy atom. The lowest BCUT2D eigenvalue weighted by Crippen LogP contribution is -2.27. The highest BCUT2D eigenvalue weighted by molar-refractivity contribution is 5.75. The van der Waals surface area contributed by atoms with Gasteiger partial charge in [0.05, 0.1) is 6.54 Å². The number of carbonyl (C=O) groups excluding carboxylic acids is 1. The number of carbonyl (C=O) groups is 1. The fraction of sp³-hybridized carbons (Fsp3) is 0.500. The second-order valence-electron chi connectivity index (χ2n) is 5.03. The third-order valence-corrected chi connectivity index (χ3v) is 2.96. The molecule has 1 amide bonds. The van der Waals surface area contributed by atoms with Crippen LogP contribution in [0.25, 0.3) is 5.65 Å². The molecular formula is C14H21N5O. The summed E-state index contributed by atoms with van der Waals surface area (Å²) in [5, 5.41) is 14.3. The number of hydrogen-bond acceptors (Lipinski definition) is 4. The summed E-state index contributed by atoms with van der Waals surface area (Å²) in [6.45, 7) is 5.45. The lowest BCUT2D eigenvalue weighted by Gasteiger charge is -2.07. The molecule has 20 heavy (non-hydrogen) atoms. The maximum absolute atomic E-state index is 11.7. The lowest BCUT2D eigenvalue weighted by molar-refractivity contribution is -0.121. The molecule has 0 saturated heterocycles. The Morgan fingerprint density at radius 3 is 3.00 bits per heavy atom. The van der Waals surface area contributed by atoms with E-state index in [1.165, 1.54) is 0 Å². The van der Waals surface area contributed by atoms with Crippen LogP contribution in [0.3, 0.4) is 0 Å². The highest BCUT2D eigenvalue weighted by atomic mass is 16.1. The van der Waals surface area contributed by atoms with E-state index in [-0.39, 0.29) is 5.91 Å². The number of pyridine rings is 1. The molecular weight excluding hydrogens is 254 g/mol. The summed E-state index contributed by atoms with van der Waals surface area (Å²) in [5.41, 5.74) is 0.790. The van der Waals surface area contributed by atoms with Crippen LogP contribution in [0.1, 0.15) is 32.5 Å². The van der Waals surface area contributed by atoms with E-state index in [2.05, 4.69) is 34.7 Å². The van der Waals surface area contributed by atoms with Crippen molar-refractivity contribution in [2.45, 2.75) is 39.3 Å². The van der Waals surface area contributed by atoms with Crippen molar-refractivity contribution in [2.24, 2.45) is 0 Å². The molecule has 0 aromatic carbocycles. The van der Waals surface area contributed by atoms with Gasteiger partial charge >= 0.3 is 0 Å². The summed E-state index contributed by atoms with van der Waals surface area (Å²) < 4.78 is 1.88. The van der Waals surface area contributed by atoms with Crippen molar-refractivity contribution >= 4 is 11.6 Å². The Balaban J connectivity index is 1.76. The van der Waals surface area contributed by atoms with Crippen LogP contribution in [-0.2, 0) is 11.3 Å². The summed E-state index contributed by atoms with van der Waals surface area (Å²) in [5.74, 6) is 0.789. The van der Waals surface area contributed by atoms with Gasteiger partial charge in [-0.05, 0) is 25.1 Å². The molecule has 0 bridgehead atoms. The monoisotopic (exact) mass is 275 g/mol. The van der Waals surface area contributed by atoms with Gasteiger partial charge in [-0.15, -0.1) is 10.2 Å². The van der Waals surface area contributed by atoms with Gasteiger partial charge in [-0.25, -0.2) is 0 Å². The van der Waals surface area contributed by atoms with Crippen LogP contribution < -0.4 is 10.6 Å². The van der Waals surface area contributed by atoms with Crippen LogP contribution in [0.4, 0.5) is 0 Å². The summed E-state index contributed by atoms with van der Waals surface area (Å²) in [7, 11) is 0. The van der Waals surface area contributed by atoms with Gasteiger partial charge in [0.15, 0.2) is 11.5 Å². The standard InChI is InChI=1S/C14H21N5O/c1-11(2)15-8-5-7-14(20)16-10-13-18-17-12-6-3-4-9-19(12)13/h3-4,6,9,11,15H,5,7-8,10H2,1-2H3,(H,16,20). The molecule has 0 aliphatic rings. The molecule has 0 radical (unpaired) electrons. The molecule has 0 atom stereocenters. The average Bonchev–Trinajstić information content (AvgIpc) is 2.84. The van der Waals surface area contributed by atoms with Gasteiger partial charge in [0.1, 0.15) is 0 Å². The first-order chi connectivity index (χ1) is 9.66. The third kappa shape index (κ3) is 4.03. The van der Waals surface area contributed by atoms with Crippen molar-refractivity contribution in [1.82, 2.24) is 25.2 Å². The molecule has 2 rings (SSSR count). The van der Waals surface area contributed by atoms with E-state index in [4.69, 9.17) is 0 Å². The maximum Gasteiger partial charge on any atom is 0.220 e. The Bertz CT molecular complexity index is 563. The fourth-order valence-electron chi connectivity index (χ4n) is 1.92. The molecule has 0 saturated carbocycles. The largest absolute Gasteiger partial charge is 0.349 e. The number of amides is 1. The van der Waals surface area contributed by atoms with Gasteiger partial charge in [-0.1, -0.05) is 19.9 Å². The number of aromatic nitrogens is 3. The van der Waals surface area contributed by atoms with Crippen LogP contribution in [-0.4, -0.2) is 33.1 Å². The van der Waals surface area contributed by atoms with Crippen molar-refractivity contribution in [3.8, 4) is 0 Å². The zero-order valence-electron chi connectivity index (χ0n) is 12.0. The normalized spacial score (nSPS) is 11.2. The molecule has 2 aromatic rings. The Morgan fingerprint density at radius 1 is 1.35 bits per heavy atom. The highest BCUT2D eigenvalue weighted by Gasteiger charge is 2.06. The predicted octanol–water partition coefficient (Wildman–Crippen LogP) is 1.12. The van der Waals surface area contributed by atoms with Crippen LogP contribution in [0.15, 0.2) is 24.4 Å². The third-order valence-electron chi connectivity index (χ3n) is 2.96. The molecule has 0 unspecified atom stereocenters. The summed E-state index contributed by atoms with van der Waals surface area (Å²) in [4.78, 5) is 11.7. The minimum Gasteiger partial charge on any atom is -0.349 e. The summed E-state index contributed by atoms with van der Waals surface area (Å²) >= 11 is 0. The minimum atomic E-state index is 0.0447. The van der Waals surface area contributed by atoms with Gasteiger partial charge in [-0.2, -0.15) is 0 Å². The minimum absolute atomic E-state index is 0.0447. The molecule has 108 valence electrons. The van der Waals surface area contributed by atoms with E-state index < -0.39 is 0 Å². The van der Waals surface area contributed by atoms with Crippen LogP contribution in [0.2, 0.25) is 0 Å². The molecule has 0 aliphatic heterocycles. The zero-order chi connectivity index (χ0) is 14.4. The van der Waals surface area contributed by atoms with Gasteiger partial charge in [0.25, 0.3) is 0 Å². The summed E-state index contributed by atoms with van der Waals surface area (Å²) in [6, 6.07) is 6.17. The van der Waals surface area contributed by atoms with E-state index in [0.717, 1.165) is 24.4 Å². The predicted molar refractivity (Wildman–Crippen MR) is 77.2 cm³/mol. The van der Waals surface area contributed by atoms with Crippen LogP contribution >= 0.6 is 0 Å². The second kappa shape index (κ2) is 7.00. The van der Waals surface area contributed by atoms with Crippen molar-refractivity contribution < 1.29 is 4.79 Å². The van der Waals surface area contributed by atoms with Gasteiger partial charge < -0.3 is 10.6 Å². The van der Waals surface area contributed by atoms with Crippen LogP contribution in [0.5, 0.6) is 0 Å². The van der Waals surface area contributed by atoms with Gasteiger partial charge in [-0.3, -0.25) is 9.20 Å².